The smallest absolute Gasteiger partial charge is 0.233 e. The second kappa shape index (κ2) is 5.01. The van der Waals surface area contributed by atoms with E-state index in [2.05, 4.69) is 26.0 Å². The van der Waals surface area contributed by atoms with Gasteiger partial charge in [0.05, 0.1) is 5.69 Å². The van der Waals surface area contributed by atoms with Gasteiger partial charge in [-0.15, -0.1) is 0 Å². The Balaban J connectivity index is 1.86. The van der Waals surface area contributed by atoms with Crippen LogP contribution in [0.2, 0.25) is 0 Å². The fourth-order valence-corrected chi connectivity index (χ4v) is 2.58. The highest BCUT2D eigenvalue weighted by atomic mass is 79.9. The number of aryl methyl sites for hydroxylation is 4. The fourth-order valence-electron chi connectivity index (χ4n) is 2.25. The largest absolute Gasteiger partial charge is 0.300 e. The Bertz CT molecular complexity index is 775. The van der Waals surface area contributed by atoms with Crippen LogP contribution in [0.25, 0.3) is 5.78 Å². The molecule has 0 aliphatic carbocycles. The molecule has 0 fully saturated rings. The molecule has 0 saturated carbocycles. The summed E-state index contributed by atoms with van der Waals surface area (Å²) in [5, 5.41) is 4.55. The lowest BCUT2D eigenvalue weighted by Gasteiger charge is -2.02. The molecule has 0 saturated heterocycles. The highest BCUT2D eigenvalue weighted by Crippen LogP contribution is 2.18. The van der Waals surface area contributed by atoms with Crippen molar-refractivity contribution in [2.75, 3.05) is 0 Å². The van der Waals surface area contributed by atoms with Crippen LogP contribution in [0.15, 0.2) is 28.9 Å². The predicted octanol–water partition coefficient (Wildman–Crippen LogP) is 3.06. The van der Waals surface area contributed by atoms with Gasteiger partial charge in [0.15, 0.2) is 0 Å². The summed E-state index contributed by atoms with van der Waals surface area (Å²) in [4.78, 5) is 4.46. The topological polar surface area (TPSA) is 35.1 Å². The van der Waals surface area contributed by atoms with Crippen molar-refractivity contribution in [1.29, 1.82) is 0 Å². The summed E-state index contributed by atoms with van der Waals surface area (Å²) in [5.41, 5.74) is 1.89. The summed E-state index contributed by atoms with van der Waals surface area (Å²) < 4.78 is 17.8. The molecule has 2 heterocycles. The number of hydrogen-bond donors (Lipinski definition) is 0. The van der Waals surface area contributed by atoms with Crippen LogP contribution in [0.3, 0.4) is 0 Å². The summed E-state index contributed by atoms with van der Waals surface area (Å²) in [5.74, 6) is 1.54. The molecule has 0 spiro atoms. The van der Waals surface area contributed by atoms with Gasteiger partial charge in [0.1, 0.15) is 16.2 Å². The van der Waals surface area contributed by atoms with Gasteiger partial charge in [0.25, 0.3) is 0 Å². The van der Waals surface area contributed by atoms with Gasteiger partial charge in [0.2, 0.25) is 5.78 Å². The highest BCUT2D eigenvalue weighted by molar-refractivity contribution is 9.10. The molecule has 0 atom stereocenters. The molecule has 0 unspecified atom stereocenters. The van der Waals surface area contributed by atoms with Gasteiger partial charge < -0.3 is 0 Å². The van der Waals surface area contributed by atoms with E-state index in [0.29, 0.717) is 0 Å². The Kier molecular flexibility index (Phi) is 3.33. The summed E-state index contributed by atoms with van der Waals surface area (Å²) in [6, 6.07) is 6.68. The summed E-state index contributed by atoms with van der Waals surface area (Å²) in [6.45, 7) is 1.94. The van der Waals surface area contributed by atoms with Gasteiger partial charge in [0, 0.05) is 13.5 Å². The minimum absolute atomic E-state index is 0.199. The molecule has 1 aromatic carbocycles. The molecule has 104 valence electrons. The van der Waals surface area contributed by atoms with Crippen LogP contribution in [-0.4, -0.2) is 19.2 Å². The zero-order chi connectivity index (χ0) is 14.3. The monoisotopic (exact) mass is 336 g/mol. The molecule has 3 rings (SSSR count). The van der Waals surface area contributed by atoms with Crippen LogP contribution in [0.5, 0.6) is 0 Å². The molecule has 0 aliphatic rings. The zero-order valence-electron chi connectivity index (χ0n) is 11.3. The maximum absolute atomic E-state index is 13.1. The number of hydrogen-bond acceptors (Lipinski definition) is 2. The first-order chi connectivity index (χ1) is 9.56. The third-order valence-corrected chi connectivity index (χ3v) is 4.28. The van der Waals surface area contributed by atoms with Crippen molar-refractivity contribution in [2.24, 2.45) is 7.05 Å². The van der Waals surface area contributed by atoms with Gasteiger partial charge in [-0.05, 0) is 47.0 Å². The van der Waals surface area contributed by atoms with Gasteiger partial charge in [-0.2, -0.15) is 9.61 Å². The van der Waals surface area contributed by atoms with Crippen LogP contribution >= 0.6 is 15.9 Å². The van der Waals surface area contributed by atoms with Crippen molar-refractivity contribution in [3.63, 3.8) is 0 Å². The Hall–Kier alpha value is -1.69. The van der Waals surface area contributed by atoms with Crippen molar-refractivity contribution < 1.29 is 4.39 Å². The van der Waals surface area contributed by atoms with Crippen LogP contribution in [0.1, 0.15) is 17.1 Å². The molecular weight excluding hydrogens is 323 g/mol. The van der Waals surface area contributed by atoms with Crippen molar-refractivity contribution in [2.45, 2.75) is 19.8 Å². The first-order valence-corrected chi connectivity index (χ1v) is 7.16. The SMILES string of the molecule is Cc1nc2n(C)c(CCc3cccc(F)c3)nn2c1Br. The number of benzene rings is 1. The molecule has 0 N–H and O–H groups in total. The van der Waals surface area contributed by atoms with E-state index in [9.17, 15) is 4.39 Å². The lowest BCUT2D eigenvalue weighted by Crippen LogP contribution is -2.01. The van der Waals surface area contributed by atoms with Gasteiger partial charge in [-0.3, -0.25) is 4.57 Å². The highest BCUT2D eigenvalue weighted by Gasteiger charge is 2.14. The molecule has 6 heteroatoms. The molecule has 0 bridgehead atoms. The molecule has 2 aromatic heterocycles. The average Bonchev–Trinajstić information content (AvgIpc) is 2.87. The van der Waals surface area contributed by atoms with Crippen LogP contribution in [-0.2, 0) is 19.9 Å². The van der Waals surface area contributed by atoms with E-state index in [0.717, 1.165) is 40.3 Å². The first kappa shape index (κ1) is 13.3. The normalized spacial score (nSPS) is 11.4. The maximum atomic E-state index is 13.1. The number of aromatic nitrogens is 4. The Morgan fingerprint density at radius 2 is 2.10 bits per heavy atom. The van der Waals surface area contributed by atoms with Crippen LogP contribution < -0.4 is 0 Å². The van der Waals surface area contributed by atoms with E-state index in [1.807, 2.05) is 24.6 Å². The number of halogens is 2. The summed E-state index contributed by atoms with van der Waals surface area (Å²) >= 11 is 3.48. The zero-order valence-corrected chi connectivity index (χ0v) is 12.9. The number of fused-ring (bicyclic) bond motifs is 1. The van der Waals surface area contributed by atoms with E-state index < -0.39 is 0 Å². The fraction of sp³-hybridized carbons (Fsp3) is 0.286. The van der Waals surface area contributed by atoms with E-state index in [-0.39, 0.29) is 5.82 Å². The third-order valence-electron chi connectivity index (χ3n) is 3.37. The summed E-state index contributed by atoms with van der Waals surface area (Å²) in [6.07, 6.45) is 1.50. The first-order valence-electron chi connectivity index (χ1n) is 6.37. The lowest BCUT2D eigenvalue weighted by atomic mass is 10.1. The molecule has 0 aliphatic heterocycles. The van der Waals surface area contributed by atoms with Crippen LogP contribution in [0.4, 0.5) is 4.39 Å². The van der Waals surface area contributed by atoms with Gasteiger partial charge in [-0.1, -0.05) is 12.1 Å². The molecule has 4 nitrogen and oxygen atoms in total. The van der Waals surface area contributed by atoms with E-state index >= 15 is 0 Å². The standard InChI is InChI=1S/C14H14BrFN4/c1-9-13(15)20-14(17-9)19(2)12(18-20)7-6-10-4-3-5-11(16)8-10/h3-5,8H,6-7H2,1-2H3. The van der Waals surface area contributed by atoms with E-state index in [1.165, 1.54) is 6.07 Å². The third kappa shape index (κ3) is 2.24. The Labute approximate surface area is 124 Å². The Morgan fingerprint density at radius 1 is 1.30 bits per heavy atom. The minimum Gasteiger partial charge on any atom is -0.300 e. The van der Waals surface area contributed by atoms with E-state index in [1.54, 1.807) is 16.6 Å². The average molecular weight is 337 g/mol. The minimum atomic E-state index is -0.199. The number of imidazole rings is 1. The van der Waals surface area contributed by atoms with Crippen LogP contribution in [0, 0.1) is 12.7 Å². The Morgan fingerprint density at radius 3 is 2.80 bits per heavy atom. The molecule has 20 heavy (non-hydrogen) atoms. The predicted molar refractivity (Wildman–Crippen MR) is 78.2 cm³/mol. The molecule has 3 aromatic rings. The number of nitrogens with zero attached hydrogens (tertiary/aromatic N) is 4. The van der Waals surface area contributed by atoms with Crippen molar-refractivity contribution >= 4 is 21.7 Å². The second-order valence-electron chi connectivity index (χ2n) is 4.80. The van der Waals surface area contributed by atoms with Gasteiger partial charge in [-0.25, -0.2) is 9.37 Å². The number of rotatable bonds is 3. The van der Waals surface area contributed by atoms with Gasteiger partial charge >= 0.3 is 0 Å². The van der Waals surface area contributed by atoms with Crippen molar-refractivity contribution in [3.05, 3.63) is 51.8 Å². The molecular formula is C14H14BrFN4. The van der Waals surface area contributed by atoms with E-state index in [4.69, 9.17) is 0 Å². The second-order valence-corrected chi connectivity index (χ2v) is 5.56. The summed E-state index contributed by atoms with van der Waals surface area (Å²) in [7, 11) is 1.95. The van der Waals surface area contributed by atoms with Crippen molar-refractivity contribution in [1.82, 2.24) is 19.2 Å². The maximum Gasteiger partial charge on any atom is 0.233 e. The quantitative estimate of drug-likeness (QED) is 0.736. The van der Waals surface area contributed by atoms with Crippen molar-refractivity contribution in [3.8, 4) is 0 Å². The molecule has 0 amide bonds. The lowest BCUT2D eigenvalue weighted by molar-refractivity contribution is 0.624. The molecule has 0 radical (unpaired) electrons.